The van der Waals surface area contributed by atoms with Crippen LogP contribution in [0.2, 0.25) is 0 Å². The molecule has 16 heavy (non-hydrogen) atoms. The number of rotatable bonds is 3. The van der Waals surface area contributed by atoms with E-state index in [0.717, 1.165) is 6.26 Å². The summed E-state index contributed by atoms with van der Waals surface area (Å²) in [5, 5.41) is 5.04. The van der Waals surface area contributed by atoms with Gasteiger partial charge in [-0.15, -0.1) is 0 Å². The molecule has 1 aromatic rings. The second-order valence-corrected chi connectivity index (χ2v) is 5.10. The van der Waals surface area contributed by atoms with Gasteiger partial charge in [0.1, 0.15) is 0 Å². The fourth-order valence-electron chi connectivity index (χ4n) is 1.01. The lowest BCUT2D eigenvalue weighted by Crippen LogP contribution is -2.28. The van der Waals surface area contributed by atoms with Crippen LogP contribution in [0, 0.1) is 0 Å². The van der Waals surface area contributed by atoms with Crippen molar-refractivity contribution in [2.45, 2.75) is 11.9 Å². The second kappa shape index (κ2) is 4.93. The number of amides is 2. The van der Waals surface area contributed by atoms with Gasteiger partial charge >= 0.3 is 6.03 Å². The number of carbonyl (C=O) groups is 1. The third kappa shape index (κ3) is 3.50. The summed E-state index contributed by atoms with van der Waals surface area (Å²) >= 11 is 0. The molecule has 7 heteroatoms. The number of nitrogens with zero attached hydrogens (tertiary/aromatic N) is 1. The van der Waals surface area contributed by atoms with Crippen molar-refractivity contribution in [1.29, 1.82) is 0 Å². The van der Waals surface area contributed by atoms with Gasteiger partial charge in [-0.05, 0) is 19.1 Å². The van der Waals surface area contributed by atoms with Crippen LogP contribution >= 0.6 is 0 Å². The molecule has 1 heterocycles. The Morgan fingerprint density at radius 2 is 2.12 bits per heavy atom. The van der Waals surface area contributed by atoms with Crippen molar-refractivity contribution in [3.63, 3.8) is 0 Å². The highest BCUT2D eigenvalue weighted by atomic mass is 32.2. The highest BCUT2D eigenvalue weighted by molar-refractivity contribution is 7.90. The zero-order valence-corrected chi connectivity index (χ0v) is 9.84. The van der Waals surface area contributed by atoms with Gasteiger partial charge in [-0.2, -0.15) is 0 Å². The fraction of sp³-hybridized carbons (Fsp3) is 0.333. The number of aromatic nitrogens is 1. The van der Waals surface area contributed by atoms with Gasteiger partial charge < -0.3 is 10.6 Å². The first-order chi connectivity index (χ1) is 7.43. The number of hydrogen-bond donors (Lipinski definition) is 2. The zero-order chi connectivity index (χ0) is 12.2. The minimum Gasteiger partial charge on any atom is -0.338 e. The summed E-state index contributed by atoms with van der Waals surface area (Å²) in [6, 6.07) is 2.48. The summed E-state index contributed by atoms with van der Waals surface area (Å²) < 4.78 is 22.2. The van der Waals surface area contributed by atoms with Crippen molar-refractivity contribution in [3.8, 4) is 0 Å². The lowest BCUT2D eigenvalue weighted by atomic mass is 10.4. The van der Waals surface area contributed by atoms with E-state index in [0.29, 0.717) is 12.2 Å². The molecule has 1 aromatic heterocycles. The van der Waals surface area contributed by atoms with Crippen LogP contribution in [0.5, 0.6) is 0 Å². The van der Waals surface area contributed by atoms with Crippen LogP contribution in [0.15, 0.2) is 23.4 Å². The fourth-order valence-corrected chi connectivity index (χ4v) is 1.57. The van der Waals surface area contributed by atoms with Crippen LogP contribution in [0.1, 0.15) is 6.92 Å². The lowest BCUT2D eigenvalue weighted by molar-refractivity contribution is 0.252. The summed E-state index contributed by atoms with van der Waals surface area (Å²) in [4.78, 5) is 14.9. The van der Waals surface area contributed by atoms with Gasteiger partial charge in [0.25, 0.3) is 0 Å². The molecule has 0 aliphatic heterocycles. The molecular formula is C9H13N3O3S. The number of carbonyl (C=O) groups excluding carboxylic acids is 1. The van der Waals surface area contributed by atoms with Crippen LogP contribution in [-0.4, -0.2) is 32.2 Å². The molecule has 0 bridgehead atoms. The van der Waals surface area contributed by atoms with Crippen LogP contribution < -0.4 is 10.6 Å². The molecule has 0 unspecified atom stereocenters. The van der Waals surface area contributed by atoms with Gasteiger partial charge in [-0.25, -0.2) is 18.2 Å². The second-order valence-electron chi connectivity index (χ2n) is 3.14. The Kier molecular flexibility index (Phi) is 3.83. The Labute approximate surface area is 94.0 Å². The first-order valence-corrected chi connectivity index (χ1v) is 6.53. The van der Waals surface area contributed by atoms with E-state index in [4.69, 9.17) is 0 Å². The molecule has 2 amide bonds. The number of urea groups is 1. The Bertz CT molecular complexity index is 467. The molecule has 0 atom stereocenters. The average molecular weight is 243 g/mol. The van der Waals surface area contributed by atoms with Crippen molar-refractivity contribution in [2.24, 2.45) is 0 Å². The maximum Gasteiger partial charge on any atom is 0.319 e. The highest BCUT2D eigenvalue weighted by Gasteiger charge is 2.08. The summed E-state index contributed by atoms with van der Waals surface area (Å²) in [7, 11) is -3.30. The Morgan fingerprint density at radius 1 is 1.44 bits per heavy atom. The number of anilines is 1. The van der Waals surface area contributed by atoms with Crippen LogP contribution in [0.3, 0.4) is 0 Å². The third-order valence-electron chi connectivity index (χ3n) is 1.71. The van der Waals surface area contributed by atoms with E-state index in [9.17, 15) is 13.2 Å². The molecule has 2 N–H and O–H groups in total. The van der Waals surface area contributed by atoms with E-state index in [1.54, 1.807) is 6.92 Å². The standard InChI is InChI=1S/C9H13N3O3S/c1-3-10-9(13)12-7-4-5-8(11-6-7)16(2,14)15/h4-6H,3H2,1-2H3,(H2,10,12,13). The first-order valence-electron chi connectivity index (χ1n) is 4.64. The van der Waals surface area contributed by atoms with Gasteiger partial charge in [-0.1, -0.05) is 0 Å². The van der Waals surface area contributed by atoms with Gasteiger partial charge in [0.05, 0.1) is 11.9 Å². The predicted molar refractivity (Wildman–Crippen MR) is 60.0 cm³/mol. The molecule has 0 aliphatic rings. The maximum atomic E-state index is 11.1. The molecule has 0 saturated heterocycles. The molecule has 88 valence electrons. The predicted octanol–water partition coefficient (Wildman–Crippen LogP) is 0.627. The van der Waals surface area contributed by atoms with E-state index in [-0.39, 0.29) is 11.1 Å². The van der Waals surface area contributed by atoms with Gasteiger partial charge in [-0.3, -0.25) is 0 Å². The average Bonchev–Trinajstić information content (AvgIpc) is 2.17. The van der Waals surface area contributed by atoms with E-state index >= 15 is 0 Å². The molecule has 0 saturated carbocycles. The van der Waals surface area contributed by atoms with Gasteiger partial charge in [0.2, 0.25) is 0 Å². The number of nitrogens with one attached hydrogen (secondary N) is 2. The van der Waals surface area contributed by atoms with Crippen LogP contribution in [-0.2, 0) is 9.84 Å². The minimum atomic E-state index is -3.30. The molecular weight excluding hydrogens is 230 g/mol. The molecule has 0 aliphatic carbocycles. The largest absolute Gasteiger partial charge is 0.338 e. The Morgan fingerprint density at radius 3 is 2.56 bits per heavy atom. The number of sulfone groups is 1. The van der Waals surface area contributed by atoms with E-state index in [1.807, 2.05) is 0 Å². The van der Waals surface area contributed by atoms with E-state index < -0.39 is 9.84 Å². The number of hydrogen-bond acceptors (Lipinski definition) is 4. The zero-order valence-electron chi connectivity index (χ0n) is 9.02. The van der Waals surface area contributed by atoms with Crippen molar-refractivity contribution in [3.05, 3.63) is 18.3 Å². The molecule has 6 nitrogen and oxygen atoms in total. The van der Waals surface area contributed by atoms with Crippen molar-refractivity contribution < 1.29 is 13.2 Å². The molecule has 0 fully saturated rings. The molecule has 0 aromatic carbocycles. The van der Waals surface area contributed by atoms with Crippen molar-refractivity contribution in [1.82, 2.24) is 10.3 Å². The van der Waals surface area contributed by atoms with E-state index in [2.05, 4.69) is 15.6 Å². The summed E-state index contributed by atoms with van der Waals surface area (Å²) in [6.07, 6.45) is 2.37. The highest BCUT2D eigenvalue weighted by Crippen LogP contribution is 2.09. The summed E-state index contributed by atoms with van der Waals surface area (Å²) in [5.74, 6) is 0. The van der Waals surface area contributed by atoms with E-state index in [1.165, 1.54) is 18.3 Å². The third-order valence-corrected chi connectivity index (χ3v) is 2.71. The number of pyridine rings is 1. The topological polar surface area (TPSA) is 88.2 Å². The van der Waals surface area contributed by atoms with Crippen molar-refractivity contribution in [2.75, 3.05) is 18.1 Å². The Balaban J connectivity index is 2.76. The molecule has 0 radical (unpaired) electrons. The normalized spacial score (nSPS) is 10.9. The SMILES string of the molecule is CCNC(=O)Nc1ccc(S(C)(=O)=O)nc1. The Hall–Kier alpha value is -1.63. The van der Waals surface area contributed by atoms with Crippen LogP contribution in [0.25, 0.3) is 0 Å². The monoisotopic (exact) mass is 243 g/mol. The van der Waals surface area contributed by atoms with Crippen molar-refractivity contribution >= 4 is 21.6 Å². The summed E-state index contributed by atoms with van der Waals surface area (Å²) in [5.41, 5.74) is 0.443. The minimum absolute atomic E-state index is 0.0195. The van der Waals surface area contributed by atoms with Gasteiger partial charge in [0.15, 0.2) is 14.9 Å². The first kappa shape index (κ1) is 12.4. The quantitative estimate of drug-likeness (QED) is 0.814. The molecule has 1 rings (SSSR count). The molecule has 0 spiro atoms. The van der Waals surface area contributed by atoms with Crippen LogP contribution in [0.4, 0.5) is 10.5 Å². The smallest absolute Gasteiger partial charge is 0.319 e. The lowest BCUT2D eigenvalue weighted by Gasteiger charge is -2.05. The maximum absolute atomic E-state index is 11.1. The summed E-state index contributed by atoms with van der Waals surface area (Å²) in [6.45, 7) is 2.31. The van der Waals surface area contributed by atoms with Gasteiger partial charge in [0, 0.05) is 12.8 Å².